The molecule has 122 valence electrons. The van der Waals surface area contributed by atoms with Crippen LogP contribution in [0.4, 0.5) is 0 Å². The quantitative estimate of drug-likeness (QED) is 0.737. The van der Waals surface area contributed by atoms with E-state index < -0.39 is 0 Å². The van der Waals surface area contributed by atoms with Crippen LogP contribution in [0, 0.1) is 0 Å². The molecule has 2 aromatic rings. The van der Waals surface area contributed by atoms with E-state index in [2.05, 4.69) is 47.0 Å². The molecule has 1 amide bonds. The molecule has 0 aliphatic rings. The molecule has 0 saturated heterocycles. The first-order chi connectivity index (χ1) is 11.2. The summed E-state index contributed by atoms with van der Waals surface area (Å²) in [5, 5.41) is 6.03. The Kier molecular flexibility index (Phi) is 6.78. The zero-order chi connectivity index (χ0) is 16.5. The van der Waals surface area contributed by atoms with Gasteiger partial charge in [-0.05, 0) is 23.6 Å². The molecule has 4 nitrogen and oxygen atoms in total. The minimum atomic E-state index is -0.0171. The number of ether oxygens (including phenoxy) is 1. The number of carbonyl (C=O) groups excluding carboxylic acids is 1. The van der Waals surface area contributed by atoms with Crippen LogP contribution in [0.5, 0.6) is 0 Å². The minimum Gasteiger partial charge on any atom is -0.383 e. The van der Waals surface area contributed by atoms with Crippen molar-refractivity contribution in [2.24, 2.45) is 0 Å². The number of hydrogen-bond acceptors (Lipinski definition) is 3. The molecule has 2 aromatic carbocycles. The van der Waals surface area contributed by atoms with Crippen molar-refractivity contribution in [1.82, 2.24) is 10.6 Å². The summed E-state index contributed by atoms with van der Waals surface area (Å²) in [5.41, 5.74) is 3.46. The molecule has 1 unspecified atom stereocenters. The highest BCUT2D eigenvalue weighted by atomic mass is 16.5. The van der Waals surface area contributed by atoms with Crippen molar-refractivity contribution in [3.05, 3.63) is 60.2 Å². The molecule has 0 saturated carbocycles. The summed E-state index contributed by atoms with van der Waals surface area (Å²) in [7, 11) is 1.64. The van der Waals surface area contributed by atoms with Gasteiger partial charge in [-0.15, -0.1) is 0 Å². The van der Waals surface area contributed by atoms with Crippen LogP contribution < -0.4 is 10.6 Å². The van der Waals surface area contributed by atoms with E-state index in [9.17, 15) is 4.79 Å². The first kappa shape index (κ1) is 17.2. The van der Waals surface area contributed by atoms with E-state index in [1.165, 1.54) is 11.1 Å². The third kappa shape index (κ3) is 5.51. The van der Waals surface area contributed by atoms with Crippen molar-refractivity contribution in [3.63, 3.8) is 0 Å². The normalized spacial score (nSPS) is 11.9. The van der Waals surface area contributed by atoms with Crippen LogP contribution in [0.3, 0.4) is 0 Å². The van der Waals surface area contributed by atoms with E-state index in [4.69, 9.17) is 4.74 Å². The van der Waals surface area contributed by atoms with E-state index in [0.29, 0.717) is 19.7 Å². The molecular formula is C19H24N2O2. The number of benzene rings is 2. The molecule has 0 spiro atoms. The second-order valence-electron chi connectivity index (χ2n) is 5.45. The van der Waals surface area contributed by atoms with Crippen LogP contribution in [-0.2, 0) is 9.53 Å². The fourth-order valence-corrected chi connectivity index (χ4v) is 2.35. The van der Waals surface area contributed by atoms with Crippen LogP contribution >= 0.6 is 0 Å². The van der Waals surface area contributed by atoms with Gasteiger partial charge in [0.1, 0.15) is 0 Å². The number of amides is 1. The highest BCUT2D eigenvalue weighted by molar-refractivity contribution is 5.78. The molecule has 0 aromatic heterocycles. The van der Waals surface area contributed by atoms with Gasteiger partial charge in [-0.25, -0.2) is 0 Å². The number of hydrogen-bond donors (Lipinski definition) is 2. The lowest BCUT2D eigenvalue weighted by Crippen LogP contribution is -2.36. The van der Waals surface area contributed by atoms with Gasteiger partial charge in [0.15, 0.2) is 0 Å². The highest BCUT2D eigenvalue weighted by Crippen LogP contribution is 2.21. The van der Waals surface area contributed by atoms with Gasteiger partial charge in [0.25, 0.3) is 0 Å². The average Bonchev–Trinajstić information content (AvgIpc) is 2.59. The summed E-state index contributed by atoms with van der Waals surface area (Å²) >= 11 is 0. The molecule has 0 heterocycles. The van der Waals surface area contributed by atoms with Crippen LogP contribution in [0.25, 0.3) is 11.1 Å². The first-order valence-corrected chi connectivity index (χ1v) is 7.85. The zero-order valence-electron chi connectivity index (χ0n) is 13.7. The van der Waals surface area contributed by atoms with Crippen molar-refractivity contribution >= 4 is 5.91 Å². The highest BCUT2D eigenvalue weighted by Gasteiger charge is 2.09. The summed E-state index contributed by atoms with van der Waals surface area (Å²) in [4.78, 5) is 11.9. The van der Waals surface area contributed by atoms with E-state index in [1.54, 1.807) is 7.11 Å². The predicted molar refractivity (Wildman–Crippen MR) is 93.2 cm³/mol. The molecular weight excluding hydrogens is 288 g/mol. The molecule has 2 N–H and O–H groups in total. The smallest absolute Gasteiger partial charge is 0.234 e. The van der Waals surface area contributed by atoms with Crippen LogP contribution in [0.1, 0.15) is 18.5 Å². The second kappa shape index (κ2) is 9.08. The van der Waals surface area contributed by atoms with Gasteiger partial charge in [0.05, 0.1) is 19.2 Å². The van der Waals surface area contributed by atoms with Gasteiger partial charge in [-0.1, -0.05) is 54.6 Å². The van der Waals surface area contributed by atoms with Gasteiger partial charge in [0, 0.05) is 13.7 Å². The maximum Gasteiger partial charge on any atom is 0.234 e. The Hall–Kier alpha value is -2.17. The molecule has 0 aliphatic carbocycles. The van der Waals surface area contributed by atoms with Crippen LogP contribution in [0.2, 0.25) is 0 Å². The number of methoxy groups -OCH3 is 1. The molecule has 4 heteroatoms. The third-order valence-corrected chi connectivity index (χ3v) is 3.66. The number of carbonyl (C=O) groups is 1. The van der Waals surface area contributed by atoms with Crippen LogP contribution in [0.15, 0.2) is 54.6 Å². The summed E-state index contributed by atoms with van der Waals surface area (Å²) in [6.45, 7) is 3.56. The maximum absolute atomic E-state index is 11.9. The Morgan fingerprint density at radius 3 is 2.35 bits per heavy atom. The van der Waals surface area contributed by atoms with Gasteiger partial charge in [-0.3, -0.25) is 4.79 Å². The van der Waals surface area contributed by atoms with Crippen molar-refractivity contribution in [2.45, 2.75) is 13.0 Å². The number of nitrogens with one attached hydrogen (secondary N) is 2. The van der Waals surface area contributed by atoms with E-state index in [0.717, 1.165) is 5.56 Å². The Balaban J connectivity index is 1.87. The molecule has 0 bridgehead atoms. The molecule has 1 atom stereocenters. The van der Waals surface area contributed by atoms with Gasteiger partial charge >= 0.3 is 0 Å². The SMILES string of the molecule is COCCNCC(=O)NC(C)c1ccc(-c2ccccc2)cc1. The van der Waals surface area contributed by atoms with Crippen molar-refractivity contribution in [1.29, 1.82) is 0 Å². The standard InChI is InChI=1S/C19H24N2O2/c1-15(21-19(22)14-20-12-13-23-2)16-8-10-18(11-9-16)17-6-4-3-5-7-17/h3-11,15,20H,12-14H2,1-2H3,(H,21,22). The topological polar surface area (TPSA) is 50.4 Å². The monoisotopic (exact) mass is 312 g/mol. The zero-order valence-corrected chi connectivity index (χ0v) is 13.7. The molecule has 0 radical (unpaired) electrons. The fourth-order valence-electron chi connectivity index (χ4n) is 2.35. The average molecular weight is 312 g/mol. The lowest BCUT2D eigenvalue weighted by Gasteiger charge is -2.15. The summed E-state index contributed by atoms with van der Waals surface area (Å²) in [6, 6.07) is 18.5. The Morgan fingerprint density at radius 2 is 1.70 bits per heavy atom. The fraction of sp³-hybridized carbons (Fsp3) is 0.316. The summed E-state index contributed by atoms with van der Waals surface area (Å²) < 4.78 is 4.93. The summed E-state index contributed by atoms with van der Waals surface area (Å²) in [5.74, 6) is -0.0132. The Morgan fingerprint density at radius 1 is 1.04 bits per heavy atom. The molecule has 23 heavy (non-hydrogen) atoms. The van der Waals surface area contributed by atoms with Gasteiger partial charge in [-0.2, -0.15) is 0 Å². The van der Waals surface area contributed by atoms with E-state index >= 15 is 0 Å². The van der Waals surface area contributed by atoms with Crippen molar-refractivity contribution in [3.8, 4) is 11.1 Å². The van der Waals surface area contributed by atoms with Crippen molar-refractivity contribution in [2.75, 3.05) is 26.8 Å². The maximum atomic E-state index is 11.9. The largest absolute Gasteiger partial charge is 0.383 e. The Labute approximate surface area is 137 Å². The molecule has 2 rings (SSSR count). The minimum absolute atomic E-state index is 0.0132. The molecule has 0 aliphatic heterocycles. The van der Waals surface area contributed by atoms with Gasteiger partial charge < -0.3 is 15.4 Å². The lowest BCUT2D eigenvalue weighted by atomic mass is 10.0. The lowest BCUT2D eigenvalue weighted by molar-refractivity contribution is -0.120. The molecule has 0 fully saturated rings. The van der Waals surface area contributed by atoms with E-state index in [-0.39, 0.29) is 11.9 Å². The second-order valence-corrected chi connectivity index (χ2v) is 5.45. The van der Waals surface area contributed by atoms with Crippen LogP contribution in [-0.4, -0.2) is 32.7 Å². The van der Waals surface area contributed by atoms with Gasteiger partial charge in [0.2, 0.25) is 5.91 Å². The number of rotatable bonds is 8. The third-order valence-electron chi connectivity index (χ3n) is 3.66. The Bertz CT molecular complexity index is 597. The summed E-state index contributed by atoms with van der Waals surface area (Å²) in [6.07, 6.45) is 0. The van der Waals surface area contributed by atoms with Crippen molar-refractivity contribution < 1.29 is 9.53 Å². The first-order valence-electron chi connectivity index (χ1n) is 7.85. The van der Waals surface area contributed by atoms with E-state index in [1.807, 2.05) is 25.1 Å². The predicted octanol–water partition coefficient (Wildman–Crippen LogP) is 2.77.